The molecule has 1 aromatic heterocycles. The lowest BCUT2D eigenvalue weighted by Crippen LogP contribution is -2.47. The van der Waals surface area contributed by atoms with Gasteiger partial charge in [0.05, 0.1) is 0 Å². The van der Waals surface area contributed by atoms with E-state index < -0.39 is 0 Å². The van der Waals surface area contributed by atoms with E-state index in [1.54, 1.807) is 0 Å². The zero-order valence-corrected chi connectivity index (χ0v) is 14.3. The molecular formula is C17H28N4O2. The van der Waals surface area contributed by atoms with Crippen molar-refractivity contribution in [1.82, 2.24) is 19.9 Å². The van der Waals surface area contributed by atoms with Gasteiger partial charge in [-0.3, -0.25) is 4.79 Å². The van der Waals surface area contributed by atoms with Crippen molar-refractivity contribution >= 4 is 5.91 Å². The van der Waals surface area contributed by atoms with Crippen LogP contribution in [0.1, 0.15) is 57.2 Å². The summed E-state index contributed by atoms with van der Waals surface area (Å²) in [6.07, 6.45) is 7.63. The molecule has 3 heterocycles. The Labute approximate surface area is 138 Å². The molecule has 0 spiro atoms. The molecule has 3 rings (SSSR count). The molecule has 128 valence electrons. The first kappa shape index (κ1) is 16.4. The molecule has 2 fully saturated rings. The van der Waals surface area contributed by atoms with Gasteiger partial charge in [0.25, 0.3) is 0 Å². The Morgan fingerprint density at radius 3 is 2.74 bits per heavy atom. The van der Waals surface area contributed by atoms with Gasteiger partial charge < -0.3 is 14.3 Å². The Bertz CT molecular complexity index is 530. The highest BCUT2D eigenvalue weighted by Crippen LogP contribution is 2.29. The van der Waals surface area contributed by atoms with E-state index in [9.17, 15) is 4.79 Å². The van der Waals surface area contributed by atoms with E-state index in [4.69, 9.17) is 4.52 Å². The zero-order chi connectivity index (χ0) is 16.2. The normalized spacial score (nSPS) is 25.4. The van der Waals surface area contributed by atoms with Crippen LogP contribution in [-0.2, 0) is 17.6 Å². The Hall–Kier alpha value is -1.43. The van der Waals surface area contributed by atoms with Crippen LogP contribution in [-0.4, -0.2) is 58.1 Å². The summed E-state index contributed by atoms with van der Waals surface area (Å²) in [5.74, 6) is 1.70. The molecule has 2 saturated heterocycles. The first-order chi connectivity index (χ1) is 11.2. The molecule has 6 nitrogen and oxygen atoms in total. The number of amides is 1. The van der Waals surface area contributed by atoms with E-state index in [2.05, 4.69) is 27.0 Å². The Kier molecular flexibility index (Phi) is 5.30. The second-order valence-corrected chi connectivity index (χ2v) is 6.80. The van der Waals surface area contributed by atoms with Crippen molar-refractivity contribution in [1.29, 1.82) is 0 Å². The quantitative estimate of drug-likeness (QED) is 0.802. The highest BCUT2D eigenvalue weighted by Gasteiger charge is 2.37. The molecule has 23 heavy (non-hydrogen) atoms. The fourth-order valence-corrected chi connectivity index (χ4v) is 3.99. The molecule has 6 heteroatoms. The van der Waals surface area contributed by atoms with Crippen molar-refractivity contribution in [3.05, 3.63) is 11.7 Å². The third-order valence-electron chi connectivity index (χ3n) is 5.25. The molecule has 2 aliphatic heterocycles. The van der Waals surface area contributed by atoms with Gasteiger partial charge >= 0.3 is 0 Å². The summed E-state index contributed by atoms with van der Waals surface area (Å²) in [5.41, 5.74) is 0. The highest BCUT2D eigenvalue weighted by molar-refractivity contribution is 5.76. The van der Waals surface area contributed by atoms with Crippen LogP contribution < -0.4 is 0 Å². The summed E-state index contributed by atoms with van der Waals surface area (Å²) in [6, 6.07) is 0.981. The van der Waals surface area contributed by atoms with Crippen molar-refractivity contribution in [2.24, 2.45) is 0 Å². The zero-order valence-electron chi connectivity index (χ0n) is 14.3. The van der Waals surface area contributed by atoms with E-state index >= 15 is 0 Å². The van der Waals surface area contributed by atoms with Crippen LogP contribution in [0.3, 0.4) is 0 Å². The molecule has 0 bridgehead atoms. The molecule has 1 aromatic rings. The summed E-state index contributed by atoms with van der Waals surface area (Å²) < 4.78 is 5.19. The van der Waals surface area contributed by atoms with Crippen molar-refractivity contribution in [3.8, 4) is 0 Å². The van der Waals surface area contributed by atoms with Crippen LogP contribution >= 0.6 is 0 Å². The predicted octanol–water partition coefficient (Wildman–Crippen LogP) is 2.04. The van der Waals surface area contributed by atoms with Crippen molar-refractivity contribution in [3.63, 3.8) is 0 Å². The Morgan fingerprint density at radius 1 is 1.26 bits per heavy atom. The first-order valence-electron chi connectivity index (χ1n) is 9.00. The second-order valence-electron chi connectivity index (χ2n) is 6.80. The largest absolute Gasteiger partial charge is 0.339 e. The maximum Gasteiger partial charge on any atom is 0.226 e. The molecule has 0 radical (unpaired) electrons. The standard InChI is InChI=1S/C17H28N4O2/c1-3-15-18-16(23-19-15)9-4-10-17(22)21-12-6-8-14(21)13-7-5-11-20(13)2/h13-14H,3-12H2,1-2H3/t13-,14-/m1/s1. The van der Waals surface area contributed by atoms with Gasteiger partial charge in [-0.15, -0.1) is 0 Å². The lowest BCUT2D eigenvalue weighted by Gasteiger charge is -2.33. The summed E-state index contributed by atoms with van der Waals surface area (Å²) in [6.45, 7) is 4.10. The summed E-state index contributed by atoms with van der Waals surface area (Å²) in [4.78, 5) is 21.5. The number of rotatable bonds is 6. The van der Waals surface area contributed by atoms with Crippen LogP contribution in [0.2, 0.25) is 0 Å². The van der Waals surface area contributed by atoms with Gasteiger partial charge in [0.1, 0.15) is 0 Å². The number of carbonyl (C=O) groups is 1. The highest BCUT2D eigenvalue weighted by atomic mass is 16.5. The molecule has 0 N–H and O–H groups in total. The molecule has 1 amide bonds. The number of likely N-dealkylation sites (N-methyl/N-ethyl adjacent to an activating group) is 1. The average molecular weight is 320 g/mol. The molecule has 0 aliphatic carbocycles. The van der Waals surface area contributed by atoms with Crippen molar-refractivity contribution < 1.29 is 9.32 Å². The molecular weight excluding hydrogens is 292 g/mol. The molecule has 2 aliphatic rings. The third kappa shape index (κ3) is 3.74. The number of aromatic nitrogens is 2. The minimum absolute atomic E-state index is 0.294. The SMILES string of the molecule is CCc1noc(CCCC(=O)N2CCC[C@@H]2[C@H]2CCCN2C)n1. The predicted molar refractivity (Wildman–Crippen MR) is 87.0 cm³/mol. The maximum atomic E-state index is 12.6. The Balaban J connectivity index is 1.49. The van der Waals surface area contributed by atoms with Crippen molar-refractivity contribution in [2.75, 3.05) is 20.1 Å². The molecule has 0 aromatic carbocycles. The monoisotopic (exact) mass is 320 g/mol. The van der Waals surface area contributed by atoms with Gasteiger partial charge in [0, 0.05) is 37.9 Å². The number of hydrogen-bond donors (Lipinski definition) is 0. The van der Waals surface area contributed by atoms with E-state index in [1.165, 1.54) is 19.4 Å². The second kappa shape index (κ2) is 7.43. The van der Waals surface area contributed by atoms with Gasteiger partial charge in [-0.25, -0.2) is 0 Å². The summed E-state index contributed by atoms with van der Waals surface area (Å²) in [7, 11) is 2.19. The number of carbonyl (C=O) groups excluding carboxylic acids is 1. The lowest BCUT2D eigenvalue weighted by atomic mass is 10.0. The fraction of sp³-hybridized carbons (Fsp3) is 0.824. The maximum absolute atomic E-state index is 12.6. The van der Waals surface area contributed by atoms with Crippen molar-refractivity contribution in [2.45, 2.75) is 70.4 Å². The minimum atomic E-state index is 0.294. The van der Waals surface area contributed by atoms with E-state index in [1.807, 2.05) is 6.92 Å². The number of nitrogens with zero attached hydrogens (tertiary/aromatic N) is 4. The summed E-state index contributed by atoms with van der Waals surface area (Å²) in [5, 5.41) is 3.90. The summed E-state index contributed by atoms with van der Waals surface area (Å²) >= 11 is 0. The van der Waals surface area contributed by atoms with E-state index in [-0.39, 0.29) is 0 Å². The van der Waals surface area contributed by atoms with Gasteiger partial charge in [0.15, 0.2) is 5.82 Å². The van der Waals surface area contributed by atoms with Gasteiger partial charge in [-0.1, -0.05) is 12.1 Å². The first-order valence-corrected chi connectivity index (χ1v) is 9.00. The van der Waals surface area contributed by atoms with Gasteiger partial charge in [0.2, 0.25) is 11.8 Å². The van der Waals surface area contributed by atoms with Gasteiger partial charge in [-0.05, 0) is 45.7 Å². The fourth-order valence-electron chi connectivity index (χ4n) is 3.99. The molecule has 0 saturated carbocycles. The lowest BCUT2D eigenvalue weighted by molar-refractivity contribution is -0.133. The Morgan fingerprint density at radius 2 is 2.04 bits per heavy atom. The van der Waals surface area contributed by atoms with Crippen LogP contribution in [0.25, 0.3) is 0 Å². The van der Waals surface area contributed by atoms with Crippen LogP contribution in [0, 0.1) is 0 Å². The molecule has 0 unspecified atom stereocenters. The average Bonchev–Trinajstić information content (AvgIpc) is 3.26. The number of likely N-dealkylation sites (tertiary alicyclic amines) is 2. The van der Waals surface area contributed by atoms with E-state index in [0.29, 0.717) is 36.7 Å². The third-order valence-corrected chi connectivity index (χ3v) is 5.25. The van der Waals surface area contributed by atoms with Crippen LogP contribution in [0.4, 0.5) is 0 Å². The van der Waals surface area contributed by atoms with Crippen LogP contribution in [0.15, 0.2) is 4.52 Å². The minimum Gasteiger partial charge on any atom is -0.339 e. The van der Waals surface area contributed by atoms with Crippen LogP contribution in [0.5, 0.6) is 0 Å². The van der Waals surface area contributed by atoms with E-state index in [0.717, 1.165) is 38.1 Å². The smallest absolute Gasteiger partial charge is 0.226 e. The molecule has 2 atom stereocenters. The number of aryl methyl sites for hydroxylation is 2. The van der Waals surface area contributed by atoms with Gasteiger partial charge in [-0.2, -0.15) is 4.98 Å². The topological polar surface area (TPSA) is 62.5 Å². The number of hydrogen-bond acceptors (Lipinski definition) is 5.